The maximum atomic E-state index is 12.8. The Morgan fingerprint density at radius 1 is 0.931 bits per heavy atom. The minimum Gasteiger partial charge on any atom is -0.486 e. The summed E-state index contributed by atoms with van der Waals surface area (Å²) in [6.07, 6.45) is 0. The van der Waals surface area contributed by atoms with Gasteiger partial charge in [-0.2, -0.15) is 0 Å². The van der Waals surface area contributed by atoms with Crippen molar-refractivity contribution in [1.82, 2.24) is 9.97 Å². The van der Waals surface area contributed by atoms with E-state index >= 15 is 0 Å². The average molecular weight is 390 g/mol. The molecule has 0 radical (unpaired) electrons. The maximum absolute atomic E-state index is 12.8. The van der Waals surface area contributed by atoms with Gasteiger partial charge in [0, 0.05) is 23.5 Å². The molecule has 7 nitrogen and oxygen atoms in total. The first kappa shape index (κ1) is 18.7. The largest absolute Gasteiger partial charge is 0.486 e. The van der Waals surface area contributed by atoms with Gasteiger partial charge in [-0.3, -0.25) is 4.79 Å². The van der Waals surface area contributed by atoms with Crippen LogP contribution >= 0.6 is 0 Å². The Hall–Kier alpha value is -3.61. The van der Waals surface area contributed by atoms with Crippen LogP contribution in [-0.4, -0.2) is 29.1 Å². The summed E-state index contributed by atoms with van der Waals surface area (Å²) in [6.45, 7) is 6.74. The second-order valence-electron chi connectivity index (χ2n) is 6.89. The molecular formula is C22H22N4O3. The van der Waals surface area contributed by atoms with Crippen LogP contribution in [0.25, 0.3) is 0 Å². The maximum Gasteiger partial charge on any atom is 0.274 e. The van der Waals surface area contributed by atoms with Crippen LogP contribution in [0.4, 0.5) is 17.2 Å². The molecule has 0 fully saturated rings. The van der Waals surface area contributed by atoms with Crippen molar-refractivity contribution in [2.75, 3.05) is 23.8 Å². The molecule has 1 aromatic heterocycles. The minimum atomic E-state index is -0.280. The van der Waals surface area contributed by atoms with E-state index in [0.29, 0.717) is 42.0 Å². The SMILES string of the molecule is Cc1nc(Nc2ccc3c(c2)OCCO3)cc(C(=O)Nc2c(C)cccc2C)n1. The summed E-state index contributed by atoms with van der Waals surface area (Å²) in [5.74, 6) is 2.15. The number of rotatable bonds is 4. The number of ether oxygens (including phenoxy) is 2. The molecule has 2 aromatic carbocycles. The Kier molecular flexibility index (Phi) is 5.03. The molecule has 0 bridgehead atoms. The van der Waals surface area contributed by atoms with E-state index in [-0.39, 0.29) is 5.91 Å². The minimum absolute atomic E-state index is 0.280. The van der Waals surface area contributed by atoms with Gasteiger partial charge in [-0.05, 0) is 44.0 Å². The van der Waals surface area contributed by atoms with E-state index in [9.17, 15) is 4.79 Å². The highest BCUT2D eigenvalue weighted by molar-refractivity contribution is 6.04. The smallest absolute Gasteiger partial charge is 0.274 e. The number of amides is 1. The standard InChI is InChI=1S/C22H22N4O3/c1-13-5-4-6-14(2)21(13)26-22(27)17-12-20(24-15(3)23-17)25-16-7-8-18-19(11-16)29-10-9-28-18/h4-8,11-12H,9-10H2,1-3H3,(H,26,27)(H,23,24,25). The van der Waals surface area contributed by atoms with Crippen LogP contribution < -0.4 is 20.1 Å². The third-order valence-electron chi connectivity index (χ3n) is 4.60. The fourth-order valence-corrected chi connectivity index (χ4v) is 3.21. The topological polar surface area (TPSA) is 85.4 Å². The first-order valence-electron chi connectivity index (χ1n) is 9.39. The number of hydrogen-bond acceptors (Lipinski definition) is 6. The molecule has 29 heavy (non-hydrogen) atoms. The molecule has 0 saturated carbocycles. The molecule has 0 atom stereocenters. The number of anilines is 3. The van der Waals surface area contributed by atoms with Crippen molar-refractivity contribution in [2.24, 2.45) is 0 Å². The highest BCUT2D eigenvalue weighted by Gasteiger charge is 2.15. The van der Waals surface area contributed by atoms with Crippen molar-refractivity contribution >= 4 is 23.1 Å². The second-order valence-corrected chi connectivity index (χ2v) is 6.89. The lowest BCUT2D eigenvalue weighted by Crippen LogP contribution is -2.17. The predicted molar refractivity (Wildman–Crippen MR) is 111 cm³/mol. The fourth-order valence-electron chi connectivity index (χ4n) is 3.21. The van der Waals surface area contributed by atoms with Gasteiger partial charge in [-0.1, -0.05) is 18.2 Å². The summed E-state index contributed by atoms with van der Waals surface area (Å²) in [5.41, 5.74) is 3.88. The zero-order chi connectivity index (χ0) is 20.4. The highest BCUT2D eigenvalue weighted by atomic mass is 16.6. The Bertz CT molecular complexity index is 1060. The molecule has 2 N–H and O–H groups in total. The zero-order valence-corrected chi connectivity index (χ0v) is 16.6. The number of carbonyl (C=O) groups excluding carboxylic acids is 1. The van der Waals surface area contributed by atoms with Gasteiger partial charge in [0.1, 0.15) is 30.5 Å². The van der Waals surface area contributed by atoms with Crippen molar-refractivity contribution < 1.29 is 14.3 Å². The van der Waals surface area contributed by atoms with E-state index in [0.717, 1.165) is 22.5 Å². The number of nitrogens with zero attached hydrogens (tertiary/aromatic N) is 2. The summed E-state index contributed by atoms with van der Waals surface area (Å²) >= 11 is 0. The summed E-state index contributed by atoms with van der Waals surface area (Å²) in [7, 11) is 0. The first-order valence-corrected chi connectivity index (χ1v) is 9.39. The summed E-state index contributed by atoms with van der Waals surface area (Å²) < 4.78 is 11.2. The normalized spacial score (nSPS) is 12.4. The van der Waals surface area contributed by atoms with Gasteiger partial charge in [-0.15, -0.1) is 0 Å². The van der Waals surface area contributed by atoms with E-state index in [1.165, 1.54) is 0 Å². The Morgan fingerprint density at radius 3 is 2.41 bits per heavy atom. The first-order chi connectivity index (χ1) is 14.0. The van der Waals surface area contributed by atoms with E-state index in [1.807, 2.05) is 50.2 Å². The van der Waals surface area contributed by atoms with Gasteiger partial charge >= 0.3 is 0 Å². The van der Waals surface area contributed by atoms with Gasteiger partial charge in [-0.25, -0.2) is 9.97 Å². The molecule has 148 valence electrons. The zero-order valence-electron chi connectivity index (χ0n) is 16.6. The van der Waals surface area contributed by atoms with Crippen LogP contribution in [0, 0.1) is 20.8 Å². The number of carbonyl (C=O) groups is 1. The summed E-state index contributed by atoms with van der Waals surface area (Å²) in [4.78, 5) is 21.5. The third kappa shape index (κ3) is 4.13. The van der Waals surface area contributed by atoms with Crippen molar-refractivity contribution in [3.8, 4) is 11.5 Å². The lowest BCUT2D eigenvalue weighted by Gasteiger charge is -2.19. The molecule has 1 aliphatic heterocycles. The second kappa shape index (κ2) is 7.79. The Balaban J connectivity index is 1.57. The van der Waals surface area contributed by atoms with Gasteiger partial charge in [0.2, 0.25) is 0 Å². The molecule has 0 aliphatic carbocycles. The number of hydrogen-bond donors (Lipinski definition) is 2. The van der Waals surface area contributed by atoms with Gasteiger partial charge in [0.15, 0.2) is 11.5 Å². The van der Waals surface area contributed by atoms with E-state index < -0.39 is 0 Å². The number of aryl methyl sites for hydroxylation is 3. The van der Waals surface area contributed by atoms with Crippen LogP contribution in [0.15, 0.2) is 42.5 Å². The molecule has 7 heteroatoms. The predicted octanol–water partition coefficient (Wildman–Crippen LogP) is 4.17. The van der Waals surface area contributed by atoms with Crippen molar-refractivity contribution in [3.63, 3.8) is 0 Å². The fraction of sp³-hybridized carbons (Fsp3) is 0.227. The molecule has 0 saturated heterocycles. The summed E-state index contributed by atoms with van der Waals surface area (Å²) in [5, 5.41) is 6.17. The molecule has 1 aliphatic rings. The quantitative estimate of drug-likeness (QED) is 0.695. The van der Waals surface area contributed by atoms with Crippen LogP contribution in [-0.2, 0) is 0 Å². The van der Waals surface area contributed by atoms with Crippen LogP contribution in [0.2, 0.25) is 0 Å². The number of para-hydroxylation sites is 1. The lowest BCUT2D eigenvalue weighted by atomic mass is 10.1. The third-order valence-corrected chi connectivity index (χ3v) is 4.60. The average Bonchev–Trinajstić information content (AvgIpc) is 2.70. The monoisotopic (exact) mass is 390 g/mol. The Labute approximate surface area is 169 Å². The van der Waals surface area contributed by atoms with Crippen molar-refractivity contribution in [2.45, 2.75) is 20.8 Å². The Morgan fingerprint density at radius 2 is 1.66 bits per heavy atom. The van der Waals surface area contributed by atoms with E-state index in [4.69, 9.17) is 9.47 Å². The van der Waals surface area contributed by atoms with Crippen LogP contribution in [0.3, 0.4) is 0 Å². The number of fused-ring (bicyclic) bond motifs is 1. The molecule has 1 amide bonds. The van der Waals surface area contributed by atoms with E-state index in [2.05, 4.69) is 20.6 Å². The van der Waals surface area contributed by atoms with Gasteiger partial charge in [0.25, 0.3) is 5.91 Å². The molecule has 4 rings (SSSR count). The molecule has 0 spiro atoms. The highest BCUT2D eigenvalue weighted by Crippen LogP contribution is 2.33. The van der Waals surface area contributed by atoms with Crippen molar-refractivity contribution in [1.29, 1.82) is 0 Å². The lowest BCUT2D eigenvalue weighted by molar-refractivity contribution is 0.102. The van der Waals surface area contributed by atoms with Crippen LogP contribution in [0.1, 0.15) is 27.4 Å². The molecular weight excluding hydrogens is 368 g/mol. The van der Waals surface area contributed by atoms with E-state index in [1.54, 1.807) is 13.0 Å². The molecule has 2 heterocycles. The van der Waals surface area contributed by atoms with Crippen LogP contribution in [0.5, 0.6) is 11.5 Å². The number of benzene rings is 2. The number of nitrogens with one attached hydrogen (secondary N) is 2. The van der Waals surface area contributed by atoms with Gasteiger partial charge < -0.3 is 20.1 Å². The summed E-state index contributed by atoms with van der Waals surface area (Å²) in [6, 6.07) is 13.1. The van der Waals surface area contributed by atoms with Crippen molar-refractivity contribution in [3.05, 3.63) is 65.1 Å². The molecule has 0 unspecified atom stereocenters. The molecule has 3 aromatic rings. The number of aromatic nitrogens is 2. The van der Waals surface area contributed by atoms with Gasteiger partial charge in [0.05, 0.1) is 0 Å².